The van der Waals surface area contributed by atoms with Gasteiger partial charge < -0.3 is 20.1 Å². The molecule has 1 aromatic heterocycles. The molecule has 35 heavy (non-hydrogen) atoms. The molecule has 0 saturated carbocycles. The normalized spacial score (nSPS) is 18.6. The van der Waals surface area contributed by atoms with Crippen LogP contribution in [-0.2, 0) is 17.8 Å². The number of nitriles is 1. The Morgan fingerprint density at radius 1 is 1.09 bits per heavy atom. The van der Waals surface area contributed by atoms with E-state index < -0.39 is 23.3 Å². The third kappa shape index (κ3) is 4.43. The number of H-pyrrole nitrogens is 1. The number of aromatic nitrogens is 2. The molecule has 0 saturated heterocycles. The standard InChI is InChI=1S/C26H25N5O4/c1-2-15-4-7-17(8-5-15)21-18(13-27)24(32)29-23-22(21)25(33)31-26(30-23)28-14-16-6-9-19-20(12-16)35-11-3-10-34-19/h4-9,12,18,21H,2-3,10-11,14H2,1H3,(H3,28,29,30,31,32,33). The van der Waals surface area contributed by atoms with Gasteiger partial charge in [0.2, 0.25) is 11.9 Å². The van der Waals surface area contributed by atoms with Crippen molar-refractivity contribution in [2.45, 2.75) is 32.2 Å². The summed E-state index contributed by atoms with van der Waals surface area (Å²) in [5.74, 6) is -0.441. The van der Waals surface area contributed by atoms with Crippen LogP contribution in [0.2, 0.25) is 0 Å². The van der Waals surface area contributed by atoms with Gasteiger partial charge in [-0.1, -0.05) is 37.3 Å². The second-order valence-electron chi connectivity index (χ2n) is 8.53. The Bertz CT molecular complexity index is 1360. The SMILES string of the molecule is CCc1ccc(C2c3c(nc(NCc4ccc5c(c4)OCCCO5)[nH]c3=O)NC(=O)C2C#N)cc1. The van der Waals surface area contributed by atoms with Gasteiger partial charge in [-0.2, -0.15) is 10.2 Å². The minimum atomic E-state index is -1.03. The molecular formula is C26H25N5O4. The Morgan fingerprint density at radius 3 is 2.57 bits per heavy atom. The van der Waals surface area contributed by atoms with Crippen molar-refractivity contribution in [1.29, 1.82) is 5.26 Å². The minimum absolute atomic E-state index is 0.163. The number of carbonyl (C=O) groups is 1. The molecule has 0 radical (unpaired) electrons. The molecule has 9 heteroatoms. The maximum Gasteiger partial charge on any atom is 0.258 e. The molecule has 178 valence electrons. The summed E-state index contributed by atoms with van der Waals surface area (Å²) >= 11 is 0. The molecule has 2 unspecified atom stereocenters. The van der Waals surface area contributed by atoms with Gasteiger partial charge in [-0.3, -0.25) is 14.6 Å². The summed E-state index contributed by atoms with van der Waals surface area (Å²) in [4.78, 5) is 33.1. The van der Waals surface area contributed by atoms with E-state index in [-0.39, 0.29) is 17.3 Å². The number of ether oxygens (including phenoxy) is 2. The molecule has 0 aliphatic carbocycles. The lowest BCUT2D eigenvalue weighted by atomic mass is 9.79. The average molecular weight is 472 g/mol. The van der Waals surface area contributed by atoms with Gasteiger partial charge in [-0.25, -0.2) is 0 Å². The lowest BCUT2D eigenvalue weighted by Gasteiger charge is -2.28. The summed E-state index contributed by atoms with van der Waals surface area (Å²) in [6.45, 7) is 3.63. The van der Waals surface area contributed by atoms with E-state index >= 15 is 0 Å². The molecule has 9 nitrogen and oxygen atoms in total. The van der Waals surface area contributed by atoms with Crippen LogP contribution in [0.3, 0.4) is 0 Å². The van der Waals surface area contributed by atoms with Crippen LogP contribution in [-0.4, -0.2) is 29.1 Å². The van der Waals surface area contributed by atoms with Gasteiger partial charge in [-0.05, 0) is 35.2 Å². The van der Waals surface area contributed by atoms with Crippen molar-refractivity contribution in [3.8, 4) is 17.6 Å². The molecule has 0 spiro atoms. The highest BCUT2D eigenvalue weighted by Crippen LogP contribution is 2.38. The van der Waals surface area contributed by atoms with Crippen LogP contribution in [0.4, 0.5) is 11.8 Å². The predicted molar refractivity (Wildman–Crippen MR) is 130 cm³/mol. The lowest BCUT2D eigenvalue weighted by molar-refractivity contribution is -0.119. The van der Waals surface area contributed by atoms with Crippen LogP contribution in [0, 0.1) is 17.2 Å². The summed E-state index contributed by atoms with van der Waals surface area (Å²) in [7, 11) is 0. The molecule has 0 fully saturated rings. The van der Waals surface area contributed by atoms with E-state index in [4.69, 9.17) is 9.47 Å². The van der Waals surface area contributed by atoms with Gasteiger partial charge in [0.15, 0.2) is 11.5 Å². The van der Waals surface area contributed by atoms with Crippen LogP contribution in [0.15, 0.2) is 47.3 Å². The number of amides is 1. The fraction of sp³-hybridized carbons (Fsp3) is 0.308. The zero-order valence-electron chi connectivity index (χ0n) is 19.3. The van der Waals surface area contributed by atoms with Crippen molar-refractivity contribution < 1.29 is 14.3 Å². The Hall–Kier alpha value is -4.32. The fourth-order valence-corrected chi connectivity index (χ4v) is 4.42. The monoisotopic (exact) mass is 471 g/mol. The van der Waals surface area contributed by atoms with E-state index in [2.05, 4.69) is 26.7 Å². The van der Waals surface area contributed by atoms with E-state index in [9.17, 15) is 14.9 Å². The molecular weight excluding hydrogens is 446 g/mol. The number of fused-ring (bicyclic) bond motifs is 2. The molecule has 2 aromatic carbocycles. The molecule has 2 aliphatic rings. The number of aromatic amines is 1. The lowest BCUT2D eigenvalue weighted by Crippen LogP contribution is -2.38. The maximum absolute atomic E-state index is 13.2. The van der Waals surface area contributed by atoms with Gasteiger partial charge in [0.1, 0.15) is 11.7 Å². The number of hydrogen-bond donors (Lipinski definition) is 3. The summed E-state index contributed by atoms with van der Waals surface area (Å²) in [5.41, 5.74) is 2.65. The first-order valence-corrected chi connectivity index (χ1v) is 11.6. The molecule has 2 atom stereocenters. The van der Waals surface area contributed by atoms with Crippen LogP contribution in [0.25, 0.3) is 0 Å². The van der Waals surface area contributed by atoms with E-state index in [0.29, 0.717) is 31.3 Å². The van der Waals surface area contributed by atoms with Gasteiger partial charge in [0.05, 0.1) is 24.8 Å². The van der Waals surface area contributed by atoms with E-state index in [1.807, 2.05) is 49.4 Å². The number of nitrogens with zero attached hydrogens (tertiary/aromatic N) is 2. The smallest absolute Gasteiger partial charge is 0.258 e. The van der Waals surface area contributed by atoms with Crippen LogP contribution >= 0.6 is 0 Å². The quantitative estimate of drug-likeness (QED) is 0.520. The molecule has 1 amide bonds. The number of carbonyl (C=O) groups excluding carboxylic acids is 1. The second-order valence-corrected chi connectivity index (χ2v) is 8.53. The summed E-state index contributed by atoms with van der Waals surface area (Å²) < 4.78 is 11.4. The molecule has 3 aromatic rings. The van der Waals surface area contributed by atoms with Crippen molar-refractivity contribution in [3.63, 3.8) is 0 Å². The molecule has 0 bridgehead atoms. The number of rotatable bonds is 5. The number of hydrogen-bond acceptors (Lipinski definition) is 7. The molecule has 2 aliphatic heterocycles. The van der Waals surface area contributed by atoms with E-state index in [1.54, 1.807) is 0 Å². The van der Waals surface area contributed by atoms with Gasteiger partial charge >= 0.3 is 0 Å². The predicted octanol–water partition coefficient (Wildman–Crippen LogP) is 3.33. The topological polar surface area (TPSA) is 129 Å². The van der Waals surface area contributed by atoms with Crippen molar-refractivity contribution in [3.05, 3.63) is 75.1 Å². The van der Waals surface area contributed by atoms with Gasteiger partial charge in [0.25, 0.3) is 5.56 Å². The largest absolute Gasteiger partial charge is 0.490 e. The average Bonchev–Trinajstić information content (AvgIpc) is 3.12. The minimum Gasteiger partial charge on any atom is -0.490 e. The number of benzene rings is 2. The molecule has 3 N–H and O–H groups in total. The van der Waals surface area contributed by atoms with Crippen LogP contribution in [0.5, 0.6) is 11.5 Å². The van der Waals surface area contributed by atoms with Crippen molar-refractivity contribution in [2.24, 2.45) is 5.92 Å². The first kappa shape index (κ1) is 22.5. The van der Waals surface area contributed by atoms with Crippen LogP contribution < -0.4 is 25.7 Å². The Labute approximate surface area is 202 Å². The Balaban J connectivity index is 1.43. The molecule has 5 rings (SSSR count). The number of nitrogens with one attached hydrogen (secondary N) is 3. The van der Waals surface area contributed by atoms with Crippen molar-refractivity contribution in [1.82, 2.24) is 9.97 Å². The third-order valence-electron chi connectivity index (χ3n) is 6.28. The Morgan fingerprint density at radius 2 is 1.83 bits per heavy atom. The number of aryl methyl sites for hydroxylation is 1. The first-order valence-electron chi connectivity index (χ1n) is 11.6. The van der Waals surface area contributed by atoms with E-state index in [1.165, 1.54) is 0 Å². The second kappa shape index (κ2) is 9.50. The maximum atomic E-state index is 13.2. The van der Waals surface area contributed by atoms with E-state index in [0.717, 1.165) is 29.5 Å². The third-order valence-corrected chi connectivity index (χ3v) is 6.28. The van der Waals surface area contributed by atoms with Gasteiger partial charge in [0, 0.05) is 18.9 Å². The zero-order valence-corrected chi connectivity index (χ0v) is 19.3. The summed E-state index contributed by atoms with van der Waals surface area (Å²) in [5, 5.41) is 15.4. The Kier molecular flexibility index (Phi) is 6.10. The van der Waals surface area contributed by atoms with Crippen molar-refractivity contribution >= 4 is 17.7 Å². The highest BCUT2D eigenvalue weighted by Gasteiger charge is 2.40. The highest BCUT2D eigenvalue weighted by molar-refractivity contribution is 5.97. The zero-order chi connectivity index (χ0) is 24.4. The van der Waals surface area contributed by atoms with Gasteiger partial charge in [-0.15, -0.1) is 0 Å². The number of anilines is 2. The summed E-state index contributed by atoms with van der Waals surface area (Å²) in [6.07, 6.45) is 1.69. The highest BCUT2D eigenvalue weighted by atomic mass is 16.5. The van der Waals surface area contributed by atoms with Crippen molar-refractivity contribution in [2.75, 3.05) is 23.8 Å². The fourth-order valence-electron chi connectivity index (χ4n) is 4.42. The first-order chi connectivity index (χ1) is 17.1. The summed E-state index contributed by atoms with van der Waals surface area (Å²) in [6, 6.07) is 15.3. The molecule has 3 heterocycles. The van der Waals surface area contributed by atoms with Crippen LogP contribution in [0.1, 0.15) is 41.5 Å².